The molecular weight excluding hydrogens is 308 g/mol. The lowest BCUT2D eigenvalue weighted by molar-refractivity contribution is 0.532. The normalized spacial score (nSPS) is 11.6. The van der Waals surface area contributed by atoms with Crippen LogP contribution in [0.25, 0.3) is 0 Å². The summed E-state index contributed by atoms with van der Waals surface area (Å²) in [7, 11) is 1.86. The molecule has 0 aliphatic carbocycles. The highest BCUT2D eigenvalue weighted by Gasteiger charge is 2.20. The Morgan fingerprint density at radius 3 is 2.39 bits per heavy atom. The Morgan fingerprint density at radius 2 is 1.83 bits per heavy atom. The first-order valence-electron chi connectivity index (χ1n) is 7.98. The molecule has 23 heavy (non-hydrogen) atoms. The van der Waals surface area contributed by atoms with Gasteiger partial charge in [-0.05, 0) is 31.5 Å². The van der Waals surface area contributed by atoms with Crippen molar-refractivity contribution in [2.24, 2.45) is 7.05 Å². The largest absolute Gasteiger partial charge is 0.329 e. The first kappa shape index (κ1) is 17.8. The van der Waals surface area contributed by atoms with E-state index in [1.165, 1.54) is 5.56 Å². The van der Waals surface area contributed by atoms with Crippen LogP contribution in [-0.2, 0) is 20.1 Å². The third-order valence-electron chi connectivity index (χ3n) is 3.60. The Morgan fingerprint density at radius 1 is 1.17 bits per heavy atom. The summed E-state index contributed by atoms with van der Waals surface area (Å²) in [6.07, 6.45) is 3.59. The molecule has 126 valence electrons. The molecule has 0 spiro atoms. The van der Waals surface area contributed by atoms with Crippen LogP contribution in [0.4, 0.5) is 0 Å². The number of thioether (sulfide) groups is 1. The van der Waals surface area contributed by atoms with Crippen molar-refractivity contribution in [2.45, 2.75) is 57.1 Å². The fraction of sp³-hybridized carbons (Fsp3) is 0.529. The van der Waals surface area contributed by atoms with Gasteiger partial charge in [0.1, 0.15) is 5.03 Å². The average Bonchev–Trinajstić information content (AvgIpc) is 2.72. The monoisotopic (exact) mass is 334 g/mol. The zero-order valence-electron chi connectivity index (χ0n) is 14.5. The topological polar surface area (TPSA) is 51.9 Å². The van der Waals surface area contributed by atoms with Gasteiger partial charge in [-0.25, -0.2) is 4.79 Å². The molecule has 0 bridgehead atoms. The molecule has 2 heterocycles. The van der Waals surface area contributed by atoms with Crippen LogP contribution in [0.5, 0.6) is 0 Å². The maximum Gasteiger partial charge on any atom is 0.329 e. The highest BCUT2D eigenvalue weighted by molar-refractivity contribution is 7.99. The maximum atomic E-state index is 12.5. The number of pyridine rings is 1. The highest BCUT2D eigenvalue weighted by Crippen LogP contribution is 2.28. The lowest BCUT2D eigenvalue weighted by Gasteiger charge is -2.14. The quantitative estimate of drug-likeness (QED) is 0.791. The molecule has 0 unspecified atom stereocenters. The van der Waals surface area contributed by atoms with E-state index in [0.717, 1.165) is 17.3 Å². The van der Waals surface area contributed by atoms with Crippen LogP contribution in [-0.4, -0.2) is 19.4 Å². The van der Waals surface area contributed by atoms with E-state index in [9.17, 15) is 4.79 Å². The molecule has 0 aliphatic heterocycles. The van der Waals surface area contributed by atoms with E-state index in [1.54, 1.807) is 28.7 Å². The van der Waals surface area contributed by atoms with Crippen molar-refractivity contribution in [1.29, 1.82) is 0 Å². The second-order valence-corrected chi connectivity index (χ2v) is 7.75. The van der Waals surface area contributed by atoms with Crippen molar-refractivity contribution in [2.75, 3.05) is 0 Å². The number of aromatic nitrogens is 3. The van der Waals surface area contributed by atoms with Crippen molar-refractivity contribution in [3.05, 3.63) is 46.3 Å². The van der Waals surface area contributed by atoms with Crippen LogP contribution in [0.15, 0.2) is 34.3 Å². The Labute approximate surface area is 142 Å². The van der Waals surface area contributed by atoms with Gasteiger partial charge < -0.3 is 5.32 Å². The standard InChI is InChI=1S/C17H26N4OS/c1-12(2)21-16(23-13(3)4)15(20(5)17(21)22)11-19-10-14-6-8-18-9-7-14/h6-9,12-13,19H,10-11H2,1-5H3. The molecule has 0 fully saturated rings. The summed E-state index contributed by atoms with van der Waals surface area (Å²) < 4.78 is 3.67. The lowest BCUT2D eigenvalue weighted by atomic mass is 10.2. The zero-order valence-corrected chi connectivity index (χ0v) is 15.4. The third-order valence-corrected chi connectivity index (χ3v) is 4.73. The van der Waals surface area contributed by atoms with E-state index < -0.39 is 0 Å². The summed E-state index contributed by atoms with van der Waals surface area (Å²) in [5.74, 6) is 0. The Hall–Kier alpha value is -1.53. The molecule has 2 aromatic rings. The van der Waals surface area contributed by atoms with Crippen LogP contribution in [0, 0.1) is 0 Å². The van der Waals surface area contributed by atoms with Crippen LogP contribution in [0.1, 0.15) is 45.0 Å². The van der Waals surface area contributed by atoms with E-state index >= 15 is 0 Å². The predicted molar refractivity (Wildman–Crippen MR) is 95.8 cm³/mol. The predicted octanol–water partition coefficient (Wildman–Crippen LogP) is 2.95. The van der Waals surface area contributed by atoms with E-state index in [-0.39, 0.29) is 11.7 Å². The molecule has 2 rings (SSSR count). The number of imidazole rings is 1. The van der Waals surface area contributed by atoms with Gasteiger partial charge in [0.2, 0.25) is 0 Å². The molecule has 0 radical (unpaired) electrons. The Bertz CT molecular complexity index is 689. The van der Waals surface area contributed by atoms with Crippen molar-refractivity contribution >= 4 is 11.8 Å². The van der Waals surface area contributed by atoms with Gasteiger partial charge in [0.05, 0.1) is 5.69 Å². The van der Waals surface area contributed by atoms with Crippen LogP contribution < -0.4 is 11.0 Å². The number of rotatable bonds is 7. The molecule has 0 saturated carbocycles. The molecule has 6 heteroatoms. The minimum atomic E-state index is 0.0591. The molecular formula is C17H26N4OS. The summed E-state index contributed by atoms with van der Waals surface area (Å²) in [4.78, 5) is 16.6. The number of nitrogens with one attached hydrogen (secondary N) is 1. The summed E-state index contributed by atoms with van der Waals surface area (Å²) in [5, 5.41) is 4.94. The third kappa shape index (κ3) is 4.26. The van der Waals surface area contributed by atoms with Crippen molar-refractivity contribution in [3.63, 3.8) is 0 Å². The summed E-state index contributed by atoms with van der Waals surface area (Å²) in [6, 6.07) is 4.15. The first-order valence-corrected chi connectivity index (χ1v) is 8.86. The number of hydrogen-bond acceptors (Lipinski definition) is 4. The van der Waals surface area contributed by atoms with E-state index in [2.05, 4.69) is 38.0 Å². The molecule has 0 saturated heterocycles. The highest BCUT2D eigenvalue weighted by atomic mass is 32.2. The average molecular weight is 334 g/mol. The van der Waals surface area contributed by atoms with E-state index in [1.807, 2.05) is 23.7 Å². The molecule has 0 atom stereocenters. The lowest BCUT2D eigenvalue weighted by Crippen LogP contribution is -2.25. The second-order valence-electron chi connectivity index (χ2n) is 6.18. The first-order chi connectivity index (χ1) is 10.9. The van der Waals surface area contributed by atoms with Crippen molar-refractivity contribution in [3.8, 4) is 0 Å². The summed E-state index contributed by atoms with van der Waals surface area (Å²) in [5.41, 5.74) is 2.30. The van der Waals surface area contributed by atoms with Gasteiger partial charge in [0.25, 0.3) is 0 Å². The van der Waals surface area contributed by atoms with Crippen molar-refractivity contribution in [1.82, 2.24) is 19.4 Å². The molecule has 1 N–H and O–H groups in total. The summed E-state index contributed by atoms with van der Waals surface area (Å²) in [6.45, 7) is 9.85. The molecule has 5 nitrogen and oxygen atoms in total. The van der Waals surface area contributed by atoms with E-state index in [0.29, 0.717) is 11.8 Å². The smallest absolute Gasteiger partial charge is 0.307 e. The second kappa shape index (κ2) is 7.84. The molecule has 0 aliphatic rings. The molecule has 0 aromatic carbocycles. The van der Waals surface area contributed by atoms with Gasteiger partial charge in [-0.15, -0.1) is 11.8 Å². The Kier molecular flexibility index (Phi) is 6.07. The minimum absolute atomic E-state index is 0.0591. The van der Waals surface area contributed by atoms with E-state index in [4.69, 9.17) is 0 Å². The Balaban J connectivity index is 2.23. The number of nitrogens with zero attached hydrogens (tertiary/aromatic N) is 3. The fourth-order valence-corrected chi connectivity index (χ4v) is 3.66. The van der Waals surface area contributed by atoms with Gasteiger partial charge in [0.15, 0.2) is 0 Å². The maximum absolute atomic E-state index is 12.5. The van der Waals surface area contributed by atoms with Crippen LogP contribution >= 0.6 is 11.8 Å². The zero-order chi connectivity index (χ0) is 17.0. The van der Waals surface area contributed by atoms with Gasteiger partial charge in [0, 0.05) is 43.8 Å². The van der Waals surface area contributed by atoms with Gasteiger partial charge in [-0.2, -0.15) is 0 Å². The fourth-order valence-electron chi connectivity index (χ4n) is 2.47. The molecule has 0 amide bonds. The van der Waals surface area contributed by atoms with Gasteiger partial charge >= 0.3 is 5.69 Å². The van der Waals surface area contributed by atoms with Crippen LogP contribution in [0.2, 0.25) is 0 Å². The molecule has 2 aromatic heterocycles. The van der Waals surface area contributed by atoms with Crippen molar-refractivity contribution < 1.29 is 0 Å². The minimum Gasteiger partial charge on any atom is -0.307 e. The number of hydrogen-bond donors (Lipinski definition) is 1. The SMILES string of the molecule is CC(C)Sc1c(CNCc2ccncc2)n(C)c(=O)n1C(C)C. The summed E-state index contributed by atoms with van der Waals surface area (Å²) >= 11 is 1.75. The van der Waals surface area contributed by atoms with Gasteiger partial charge in [-0.3, -0.25) is 14.1 Å². The van der Waals surface area contributed by atoms with Crippen LogP contribution in [0.3, 0.4) is 0 Å². The van der Waals surface area contributed by atoms with Gasteiger partial charge in [-0.1, -0.05) is 13.8 Å².